The molecule has 0 unspecified atom stereocenters. The third-order valence-corrected chi connectivity index (χ3v) is 3.12. The maximum Gasteiger partial charge on any atom is 0.109 e. The Balaban J connectivity index is 2.40. The van der Waals surface area contributed by atoms with Crippen molar-refractivity contribution in [1.82, 2.24) is 4.98 Å². The third kappa shape index (κ3) is 1.17. The molecule has 0 amide bonds. The van der Waals surface area contributed by atoms with E-state index < -0.39 is 0 Å². The molecular formula is C9H10BrNO. The lowest BCUT2D eigenvalue weighted by Crippen LogP contribution is -2.12. The lowest BCUT2D eigenvalue weighted by molar-refractivity contribution is 0.254. The molecule has 0 saturated heterocycles. The molecule has 1 fully saturated rings. The summed E-state index contributed by atoms with van der Waals surface area (Å²) >= 11 is 3.39. The first-order valence-corrected chi connectivity index (χ1v) is 4.80. The van der Waals surface area contributed by atoms with Crippen LogP contribution in [-0.4, -0.2) is 16.7 Å². The summed E-state index contributed by atoms with van der Waals surface area (Å²) in [5.74, 6) is 0. The number of hydrogen-bond donors (Lipinski definition) is 1. The normalized spacial score (nSPS) is 19.2. The SMILES string of the molecule is OCC1(c2cccnc2Br)CC1. The van der Waals surface area contributed by atoms with Gasteiger partial charge in [0, 0.05) is 11.6 Å². The van der Waals surface area contributed by atoms with E-state index in [1.54, 1.807) is 6.20 Å². The molecule has 0 spiro atoms. The van der Waals surface area contributed by atoms with Gasteiger partial charge in [-0.1, -0.05) is 6.07 Å². The van der Waals surface area contributed by atoms with Gasteiger partial charge in [0.2, 0.25) is 0 Å². The van der Waals surface area contributed by atoms with Crippen molar-refractivity contribution < 1.29 is 5.11 Å². The number of aromatic nitrogens is 1. The molecule has 2 nitrogen and oxygen atoms in total. The van der Waals surface area contributed by atoms with Crippen molar-refractivity contribution in [1.29, 1.82) is 0 Å². The van der Waals surface area contributed by atoms with Crippen molar-refractivity contribution in [2.45, 2.75) is 18.3 Å². The van der Waals surface area contributed by atoms with Crippen LogP contribution in [0.1, 0.15) is 18.4 Å². The van der Waals surface area contributed by atoms with Crippen molar-refractivity contribution in [3.05, 3.63) is 28.5 Å². The van der Waals surface area contributed by atoms with Gasteiger partial charge in [0.05, 0.1) is 6.61 Å². The molecule has 1 saturated carbocycles. The van der Waals surface area contributed by atoms with E-state index in [9.17, 15) is 5.11 Å². The molecule has 1 aromatic rings. The molecule has 2 rings (SSSR count). The highest BCUT2D eigenvalue weighted by atomic mass is 79.9. The summed E-state index contributed by atoms with van der Waals surface area (Å²) in [4.78, 5) is 4.14. The van der Waals surface area contributed by atoms with Gasteiger partial charge in [-0.15, -0.1) is 0 Å². The fourth-order valence-corrected chi connectivity index (χ4v) is 2.12. The minimum absolute atomic E-state index is 0.0209. The van der Waals surface area contributed by atoms with Gasteiger partial charge in [0.1, 0.15) is 4.60 Å². The van der Waals surface area contributed by atoms with Crippen LogP contribution >= 0.6 is 15.9 Å². The Hall–Kier alpha value is -0.410. The summed E-state index contributed by atoms with van der Waals surface area (Å²) in [6, 6.07) is 3.94. The molecule has 1 heterocycles. The Kier molecular flexibility index (Phi) is 1.93. The van der Waals surface area contributed by atoms with E-state index in [0.717, 1.165) is 23.0 Å². The van der Waals surface area contributed by atoms with E-state index in [1.807, 2.05) is 12.1 Å². The van der Waals surface area contributed by atoms with Crippen molar-refractivity contribution in [3.63, 3.8) is 0 Å². The fourth-order valence-electron chi connectivity index (χ4n) is 1.45. The molecule has 1 aliphatic carbocycles. The molecule has 0 aromatic carbocycles. The maximum absolute atomic E-state index is 9.19. The van der Waals surface area contributed by atoms with Gasteiger partial charge in [-0.2, -0.15) is 0 Å². The second kappa shape index (κ2) is 2.82. The summed E-state index contributed by atoms with van der Waals surface area (Å²) in [5, 5.41) is 9.19. The van der Waals surface area contributed by atoms with Gasteiger partial charge < -0.3 is 5.11 Å². The largest absolute Gasteiger partial charge is 0.395 e. The van der Waals surface area contributed by atoms with Gasteiger partial charge in [-0.05, 0) is 40.4 Å². The van der Waals surface area contributed by atoms with Crippen LogP contribution in [0, 0.1) is 0 Å². The van der Waals surface area contributed by atoms with Gasteiger partial charge in [0.15, 0.2) is 0 Å². The summed E-state index contributed by atoms with van der Waals surface area (Å²) in [6.45, 7) is 0.233. The number of nitrogens with zero attached hydrogens (tertiary/aromatic N) is 1. The predicted molar refractivity (Wildman–Crippen MR) is 49.9 cm³/mol. The first-order valence-electron chi connectivity index (χ1n) is 4.00. The second-order valence-electron chi connectivity index (χ2n) is 3.28. The molecule has 12 heavy (non-hydrogen) atoms. The van der Waals surface area contributed by atoms with E-state index in [0.29, 0.717) is 0 Å². The topological polar surface area (TPSA) is 33.1 Å². The van der Waals surface area contributed by atoms with Crippen LogP contribution in [0.3, 0.4) is 0 Å². The highest BCUT2D eigenvalue weighted by Gasteiger charge is 2.45. The lowest BCUT2D eigenvalue weighted by atomic mass is 9.99. The molecular weight excluding hydrogens is 218 g/mol. The molecule has 1 N–H and O–H groups in total. The molecule has 1 aromatic heterocycles. The number of halogens is 1. The minimum atomic E-state index is 0.0209. The van der Waals surface area contributed by atoms with Crippen LogP contribution in [-0.2, 0) is 5.41 Å². The number of pyridine rings is 1. The van der Waals surface area contributed by atoms with Crippen molar-refractivity contribution >= 4 is 15.9 Å². The summed E-state index contributed by atoms with van der Waals surface area (Å²) in [7, 11) is 0. The van der Waals surface area contributed by atoms with Crippen molar-refractivity contribution in [3.8, 4) is 0 Å². The predicted octanol–water partition coefficient (Wildman–Crippen LogP) is 1.87. The Labute approximate surface area is 79.8 Å². The first-order chi connectivity index (χ1) is 5.78. The van der Waals surface area contributed by atoms with Crippen molar-refractivity contribution in [2.75, 3.05) is 6.61 Å². The van der Waals surface area contributed by atoms with E-state index in [1.165, 1.54) is 0 Å². The first kappa shape index (κ1) is 8.20. The molecule has 0 aliphatic heterocycles. The van der Waals surface area contributed by atoms with Crippen LogP contribution < -0.4 is 0 Å². The summed E-state index contributed by atoms with van der Waals surface area (Å²) in [5.41, 5.74) is 1.17. The number of hydrogen-bond acceptors (Lipinski definition) is 2. The Bertz CT molecular complexity index is 296. The maximum atomic E-state index is 9.19. The van der Waals surface area contributed by atoms with Crippen LogP contribution in [0.5, 0.6) is 0 Å². The quantitative estimate of drug-likeness (QED) is 0.784. The van der Waals surface area contributed by atoms with E-state index in [-0.39, 0.29) is 12.0 Å². The zero-order valence-electron chi connectivity index (χ0n) is 6.63. The highest BCUT2D eigenvalue weighted by molar-refractivity contribution is 9.10. The monoisotopic (exact) mass is 227 g/mol. The van der Waals surface area contributed by atoms with Gasteiger partial charge in [-0.3, -0.25) is 0 Å². The number of aliphatic hydroxyl groups excluding tert-OH is 1. The Morgan fingerprint density at radius 3 is 2.83 bits per heavy atom. The molecule has 1 aliphatic rings. The van der Waals surface area contributed by atoms with E-state index in [2.05, 4.69) is 20.9 Å². The smallest absolute Gasteiger partial charge is 0.109 e. The zero-order valence-corrected chi connectivity index (χ0v) is 8.21. The van der Waals surface area contributed by atoms with Gasteiger partial charge in [0.25, 0.3) is 0 Å². The Morgan fingerprint density at radius 1 is 1.58 bits per heavy atom. The third-order valence-electron chi connectivity index (χ3n) is 2.49. The molecule has 64 valence electrons. The average molecular weight is 228 g/mol. The average Bonchev–Trinajstić information content (AvgIpc) is 2.86. The second-order valence-corrected chi connectivity index (χ2v) is 4.03. The zero-order chi connectivity index (χ0) is 8.60. The molecule has 0 bridgehead atoms. The van der Waals surface area contributed by atoms with Crippen LogP contribution in [0.4, 0.5) is 0 Å². The highest BCUT2D eigenvalue weighted by Crippen LogP contribution is 2.49. The van der Waals surface area contributed by atoms with Gasteiger partial charge in [-0.25, -0.2) is 4.98 Å². The minimum Gasteiger partial charge on any atom is -0.395 e. The van der Waals surface area contributed by atoms with Gasteiger partial charge >= 0.3 is 0 Å². The Morgan fingerprint density at radius 2 is 2.33 bits per heavy atom. The van der Waals surface area contributed by atoms with Crippen LogP contribution in [0.2, 0.25) is 0 Å². The van der Waals surface area contributed by atoms with Crippen molar-refractivity contribution in [2.24, 2.45) is 0 Å². The molecule has 0 radical (unpaired) electrons. The molecule has 3 heteroatoms. The van der Waals surface area contributed by atoms with E-state index >= 15 is 0 Å². The van der Waals surface area contributed by atoms with E-state index in [4.69, 9.17) is 0 Å². The summed E-state index contributed by atoms with van der Waals surface area (Å²) < 4.78 is 0.872. The fraction of sp³-hybridized carbons (Fsp3) is 0.444. The standard InChI is InChI=1S/C9H10BrNO/c10-8-7(2-1-5-11-8)9(6-12)3-4-9/h1-2,5,12H,3-4,6H2. The number of rotatable bonds is 2. The van der Waals surface area contributed by atoms with Crippen LogP contribution in [0.25, 0.3) is 0 Å². The number of aliphatic hydroxyl groups is 1. The lowest BCUT2D eigenvalue weighted by Gasteiger charge is -2.12. The molecule has 0 atom stereocenters. The summed E-state index contributed by atoms with van der Waals surface area (Å²) in [6.07, 6.45) is 3.91. The van der Waals surface area contributed by atoms with Crippen LogP contribution in [0.15, 0.2) is 22.9 Å².